The van der Waals surface area contributed by atoms with Crippen molar-refractivity contribution in [2.75, 3.05) is 64.0 Å². The molecule has 2 saturated heterocycles. The van der Waals surface area contributed by atoms with E-state index >= 15 is 0 Å². The van der Waals surface area contributed by atoms with Crippen molar-refractivity contribution >= 4 is 11.8 Å². The number of piperazine rings is 1. The van der Waals surface area contributed by atoms with E-state index in [0.717, 1.165) is 56.5 Å². The van der Waals surface area contributed by atoms with Crippen LogP contribution in [0.15, 0.2) is 53.7 Å². The van der Waals surface area contributed by atoms with Gasteiger partial charge in [-0.3, -0.25) is 4.99 Å². The average molecular weight is 428 g/mol. The number of nitrogens with one attached hydrogen (secondary N) is 1. The molecule has 2 aliphatic heterocycles. The minimum Gasteiger partial charge on any atom is -0.376 e. The second-order valence-corrected chi connectivity index (χ2v) is 7.70. The van der Waals surface area contributed by atoms with E-state index in [1.165, 1.54) is 12.1 Å². The van der Waals surface area contributed by atoms with Crippen molar-refractivity contribution in [2.24, 2.45) is 4.99 Å². The van der Waals surface area contributed by atoms with E-state index < -0.39 is 0 Å². The fourth-order valence-electron chi connectivity index (χ4n) is 3.76. The predicted octanol–water partition coefficient (Wildman–Crippen LogP) is 1.95. The number of anilines is 1. The number of ether oxygens (including phenoxy) is 2. The maximum atomic E-state index is 13.1. The molecule has 166 valence electrons. The zero-order valence-corrected chi connectivity index (χ0v) is 17.8. The van der Waals surface area contributed by atoms with Gasteiger partial charge in [0, 0.05) is 38.9 Å². The first-order chi connectivity index (χ1) is 15.3. The summed E-state index contributed by atoms with van der Waals surface area (Å²) in [5, 5.41) is 3.50. The van der Waals surface area contributed by atoms with E-state index in [9.17, 15) is 4.39 Å². The molecular formula is C23H30FN5O2. The number of hydrogen-bond donors (Lipinski definition) is 1. The number of rotatable bonds is 6. The quantitative estimate of drug-likeness (QED) is 0.562. The van der Waals surface area contributed by atoms with Gasteiger partial charge in [-0.1, -0.05) is 18.2 Å². The molecule has 0 saturated carbocycles. The molecule has 2 aliphatic rings. The molecule has 1 N–H and O–H groups in total. The maximum absolute atomic E-state index is 13.1. The molecule has 0 bridgehead atoms. The van der Waals surface area contributed by atoms with Crippen LogP contribution in [0.1, 0.15) is 5.56 Å². The van der Waals surface area contributed by atoms with Crippen molar-refractivity contribution in [1.29, 1.82) is 0 Å². The molecular weight excluding hydrogens is 397 g/mol. The molecule has 7 nitrogen and oxygen atoms in total. The van der Waals surface area contributed by atoms with E-state index in [4.69, 9.17) is 14.5 Å². The van der Waals surface area contributed by atoms with Crippen molar-refractivity contribution in [2.45, 2.75) is 12.5 Å². The molecule has 0 amide bonds. The van der Waals surface area contributed by atoms with Gasteiger partial charge in [0.2, 0.25) is 0 Å². The van der Waals surface area contributed by atoms with E-state index in [-0.39, 0.29) is 11.9 Å². The van der Waals surface area contributed by atoms with Crippen LogP contribution >= 0.6 is 0 Å². The third-order valence-corrected chi connectivity index (χ3v) is 5.49. The van der Waals surface area contributed by atoms with E-state index in [1.54, 1.807) is 0 Å². The highest BCUT2D eigenvalue weighted by Gasteiger charge is 2.21. The summed E-state index contributed by atoms with van der Waals surface area (Å²) in [6, 6.07) is 12.7. The zero-order chi connectivity index (χ0) is 21.3. The fourth-order valence-corrected chi connectivity index (χ4v) is 3.76. The topological polar surface area (TPSA) is 62.2 Å². The van der Waals surface area contributed by atoms with Crippen molar-refractivity contribution in [3.63, 3.8) is 0 Å². The van der Waals surface area contributed by atoms with Crippen molar-refractivity contribution in [3.8, 4) is 0 Å². The Bertz CT molecular complexity index is 820. The minimum atomic E-state index is -0.209. The number of pyridine rings is 1. The lowest BCUT2D eigenvalue weighted by Gasteiger charge is -2.37. The Labute approximate surface area is 182 Å². The summed E-state index contributed by atoms with van der Waals surface area (Å²) < 4.78 is 24.4. The largest absolute Gasteiger partial charge is 0.376 e. The summed E-state index contributed by atoms with van der Waals surface area (Å²) in [5.74, 6) is 1.69. The highest BCUT2D eigenvalue weighted by molar-refractivity contribution is 5.80. The van der Waals surface area contributed by atoms with Crippen LogP contribution in [-0.2, 0) is 15.9 Å². The summed E-state index contributed by atoms with van der Waals surface area (Å²) in [7, 11) is 0. The molecule has 0 radical (unpaired) electrons. The Morgan fingerprint density at radius 2 is 1.94 bits per heavy atom. The summed E-state index contributed by atoms with van der Waals surface area (Å²) in [6.45, 7) is 6.65. The molecule has 4 rings (SSSR count). The van der Waals surface area contributed by atoms with Crippen LogP contribution in [0.3, 0.4) is 0 Å². The number of guanidine groups is 1. The minimum absolute atomic E-state index is 0.00236. The Kier molecular flexibility index (Phi) is 7.68. The molecule has 3 heterocycles. The lowest BCUT2D eigenvalue weighted by atomic mass is 10.1. The van der Waals surface area contributed by atoms with Crippen LogP contribution < -0.4 is 10.2 Å². The third-order valence-electron chi connectivity index (χ3n) is 5.49. The summed E-state index contributed by atoms with van der Waals surface area (Å²) in [4.78, 5) is 13.9. The molecule has 2 aromatic rings. The van der Waals surface area contributed by atoms with Crippen LogP contribution in [0.25, 0.3) is 0 Å². The third kappa shape index (κ3) is 6.38. The standard InChI is InChI=1S/C23H30FN5O2/c24-20-6-4-19(5-7-20)8-10-26-23(27-17-21-18-30-15-16-31-21)29-13-11-28(12-14-29)22-3-1-2-9-25-22/h1-7,9,21H,8,10-18H2,(H,26,27). The van der Waals surface area contributed by atoms with Gasteiger partial charge < -0.3 is 24.6 Å². The molecule has 0 aliphatic carbocycles. The maximum Gasteiger partial charge on any atom is 0.194 e. The van der Waals surface area contributed by atoms with Crippen LogP contribution in [0.5, 0.6) is 0 Å². The molecule has 1 unspecified atom stereocenters. The smallest absolute Gasteiger partial charge is 0.194 e. The number of hydrogen-bond acceptors (Lipinski definition) is 5. The molecule has 8 heteroatoms. The summed E-state index contributed by atoms with van der Waals surface area (Å²) in [5.41, 5.74) is 1.09. The fraction of sp³-hybridized carbons (Fsp3) is 0.478. The van der Waals surface area contributed by atoms with Gasteiger partial charge in [-0.15, -0.1) is 0 Å². The molecule has 1 aromatic carbocycles. The molecule has 1 aromatic heterocycles. The van der Waals surface area contributed by atoms with Gasteiger partial charge in [0.15, 0.2) is 5.96 Å². The van der Waals surface area contributed by atoms with Crippen LogP contribution in [0.4, 0.5) is 10.2 Å². The second-order valence-electron chi connectivity index (χ2n) is 7.70. The lowest BCUT2D eigenvalue weighted by Crippen LogP contribution is -2.53. The van der Waals surface area contributed by atoms with Gasteiger partial charge in [0.05, 0.1) is 26.4 Å². The highest BCUT2D eigenvalue weighted by atomic mass is 19.1. The van der Waals surface area contributed by atoms with Crippen LogP contribution in [0.2, 0.25) is 0 Å². The predicted molar refractivity (Wildman–Crippen MR) is 119 cm³/mol. The first-order valence-electron chi connectivity index (χ1n) is 10.9. The SMILES string of the molecule is Fc1ccc(CCNC(=NCC2COCCO2)N2CCN(c3ccccn3)CC2)cc1. The Morgan fingerprint density at radius 3 is 2.65 bits per heavy atom. The highest BCUT2D eigenvalue weighted by Crippen LogP contribution is 2.13. The summed E-state index contributed by atoms with van der Waals surface area (Å²) >= 11 is 0. The number of aliphatic imine (C=N–C) groups is 1. The van der Waals surface area contributed by atoms with Gasteiger partial charge in [0.25, 0.3) is 0 Å². The normalized spacial score (nSPS) is 20.0. The van der Waals surface area contributed by atoms with E-state index in [2.05, 4.69) is 20.1 Å². The number of benzene rings is 1. The van der Waals surface area contributed by atoms with Crippen molar-refractivity contribution in [3.05, 3.63) is 60.0 Å². The number of aromatic nitrogens is 1. The van der Waals surface area contributed by atoms with Gasteiger partial charge in [-0.25, -0.2) is 9.37 Å². The van der Waals surface area contributed by atoms with Gasteiger partial charge in [0.1, 0.15) is 17.7 Å². The Morgan fingerprint density at radius 1 is 1.10 bits per heavy atom. The van der Waals surface area contributed by atoms with Crippen LogP contribution in [0, 0.1) is 5.82 Å². The zero-order valence-electron chi connectivity index (χ0n) is 17.8. The van der Waals surface area contributed by atoms with Gasteiger partial charge in [-0.2, -0.15) is 0 Å². The molecule has 1 atom stereocenters. The van der Waals surface area contributed by atoms with Crippen LogP contribution in [-0.4, -0.2) is 81.0 Å². The van der Waals surface area contributed by atoms with E-state index in [1.807, 2.05) is 36.5 Å². The van der Waals surface area contributed by atoms with Crippen molar-refractivity contribution in [1.82, 2.24) is 15.2 Å². The van der Waals surface area contributed by atoms with Crippen molar-refractivity contribution < 1.29 is 13.9 Å². The molecule has 31 heavy (non-hydrogen) atoms. The molecule has 0 spiro atoms. The first kappa shape index (κ1) is 21.5. The van der Waals surface area contributed by atoms with Gasteiger partial charge >= 0.3 is 0 Å². The van der Waals surface area contributed by atoms with Gasteiger partial charge in [-0.05, 0) is 36.2 Å². The monoisotopic (exact) mass is 427 g/mol. The Hall–Kier alpha value is -2.71. The first-order valence-corrected chi connectivity index (χ1v) is 10.9. The number of nitrogens with zero attached hydrogens (tertiary/aromatic N) is 4. The molecule has 2 fully saturated rings. The second kappa shape index (κ2) is 11.1. The number of halogens is 1. The Balaban J connectivity index is 1.35. The summed E-state index contributed by atoms with van der Waals surface area (Å²) in [6.07, 6.45) is 2.63. The lowest BCUT2D eigenvalue weighted by molar-refractivity contribution is -0.0833. The van der Waals surface area contributed by atoms with E-state index in [0.29, 0.717) is 26.4 Å². The average Bonchev–Trinajstić information content (AvgIpc) is 2.84.